The molecule has 1 aromatic heterocycles. The van der Waals surface area contributed by atoms with E-state index in [0.29, 0.717) is 31.2 Å². The summed E-state index contributed by atoms with van der Waals surface area (Å²) in [5, 5.41) is 0.345. The molecule has 0 atom stereocenters. The molecule has 2 heterocycles. The topological polar surface area (TPSA) is 49.3 Å². The van der Waals surface area contributed by atoms with E-state index in [2.05, 4.69) is 20.9 Å². The van der Waals surface area contributed by atoms with E-state index < -0.39 is 5.82 Å². The summed E-state index contributed by atoms with van der Waals surface area (Å²) in [6.07, 6.45) is 1.56. The van der Waals surface area contributed by atoms with Gasteiger partial charge in [0.25, 0.3) is 5.91 Å². The summed E-state index contributed by atoms with van der Waals surface area (Å²) in [6, 6.07) is 14.2. The predicted octanol–water partition coefficient (Wildman–Crippen LogP) is 4.21. The lowest BCUT2D eigenvalue weighted by Crippen LogP contribution is -2.49. The lowest BCUT2D eigenvalue weighted by Gasteiger charge is -2.35. The van der Waals surface area contributed by atoms with Gasteiger partial charge < -0.3 is 9.80 Å². The van der Waals surface area contributed by atoms with Crippen LogP contribution in [0.2, 0.25) is 5.02 Å². The Morgan fingerprint density at radius 3 is 2.59 bits per heavy atom. The molecule has 3 aromatic rings. The average molecular weight is 411 g/mol. The molecule has 1 saturated heterocycles. The summed E-state index contributed by atoms with van der Waals surface area (Å²) in [5.74, 6) is -0.0780. The van der Waals surface area contributed by atoms with Crippen molar-refractivity contribution in [2.75, 3.05) is 31.1 Å². The molecular formula is C22H20ClFN4O. The molecular weight excluding hydrogens is 391 g/mol. The number of benzene rings is 2. The quantitative estimate of drug-likeness (QED) is 0.649. The fourth-order valence-electron chi connectivity index (χ4n) is 3.45. The molecule has 1 fully saturated rings. The fourth-order valence-corrected chi connectivity index (χ4v) is 3.62. The van der Waals surface area contributed by atoms with Gasteiger partial charge in [-0.25, -0.2) is 14.4 Å². The second kappa shape index (κ2) is 8.17. The van der Waals surface area contributed by atoms with Crippen LogP contribution in [0.1, 0.15) is 15.9 Å². The van der Waals surface area contributed by atoms with Crippen LogP contribution < -0.4 is 4.90 Å². The number of anilines is 1. The number of aromatic nitrogens is 2. The van der Waals surface area contributed by atoms with E-state index >= 15 is 0 Å². The van der Waals surface area contributed by atoms with Gasteiger partial charge in [-0.05, 0) is 31.2 Å². The summed E-state index contributed by atoms with van der Waals surface area (Å²) >= 11 is 5.92. The van der Waals surface area contributed by atoms with Crippen LogP contribution in [-0.4, -0.2) is 47.0 Å². The van der Waals surface area contributed by atoms with Gasteiger partial charge in [-0.15, -0.1) is 0 Å². The molecule has 0 saturated carbocycles. The molecule has 1 amide bonds. The predicted molar refractivity (Wildman–Crippen MR) is 112 cm³/mol. The lowest BCUT2D eigenvalue weighted by atomic mass is 10.1. The van der Waals surface area contributed by atoms with E-state index in [-0.39, 0.29) is 11.5 Å². The highest BCUT2D eigenvalue weighted by Gasteiger charge is 2.25. The molecule has 4 rings (SSSR count). The first-order valence-corrected chi connectivity index (χ1v) is 9.77. The lowest BCUT2D eigenvalue weighted by molar-refractivity contribution is 0.0742. The molecule has 0 spiro atoms. The van der Waals surface area contributed by atoms with E-state index in [1.807, 2.05) is 31.2 Å². The first-order chi connectivity index (χ1) is 14.0. The maximum absolute atomic E-state index is 14.0. The van der Waals surface area contributed by atoms with Gasteiger partial charge in [0, 0.05) is 42.8 Å². The zero-order valence-corrected chi connectivity index (χ0v) is 16.7. The second-order valence-electron chi connectivity index (χ2n) is 7.03. The maximum Gasteiger partial charge on any atom is 0.257 e. The summed E-state index contributed by atoms with van der Waals surface area (Å²) in [4.78, 5) is 25.2. The normalized spacial score (nSPS) is 14.2. The first-order valence-electron chi connectivity index (χ1n) is 9.39. The highest BCUT2D eigenvalue weighted by Crippen LogP contribution is 2.23. The standard InChI is InChI=1S/C22H20ClFN4O/c1-15-3-2-4-16(11-15)20-13-21(26-14-25-20)27-7-9-28(10-8-27)22(29)18-12-17(23)5-6-19(18)24/h2-6,11-14H,7-10H2,1H3. The van der Waals surface area contributed by atoms with Crippen LogP contribution in [0.3, 0.4) is 0 Å². The average Bonchev–Trinajstić information content (AvgIpc) is 2.75. The first kappa shape index (κ1) is 19.3. The van der Waals surface area contributed by atoms with Gasteiger partial charge in [-0.3, -0.25) is 4.79 Å². The van der Waals surface area contributed by atoms with Crippen molar-refractivity contribution in [3.63, 3.8) is 0 Å². The third-order valence-electron chi connectivity index (χ3n) is 5.02. The van der Waals surface area contributed by atoms with E-state index in [0.717, 1.165) is 17.1 Å². The highest BCUT2D eigenvalue weighted by atomic mass is 35.5. The van der Waals surface area contributed by atoms with Crippen LogP contribution in [0.5, 0.6) is 0 Å². The number of carbonyl (C=O) groups is 1. The van der Waals surface area contributed by atoms with Crippen LogP contribution in [0.25, 0.3) is 11.3 Å². The number of halogens is 2. The molecule has 0 bridgehead atoms. The molecule has 1 aliphatic heterocycles. The summed E-state index contributed by atoms with van der Waals surface area (Å²) in [5.41, 5.74) is 3.08. The van der Waals surface area contributed by atoms with Gasteiger partial charge >= 0.3 is 0 Å². The number of aryl methyl sites for hydroxylation is 1. The largest absolute Gasteiger partial charge is 0.353 e. The van der Waals surface area contributed by atoms with Crippen molar-refractivity contribution in [3.8, 4) is 11.3 Å². The van der Waals surface area contributed by atoms with E-state index in [1.54, 1.807) is 11.2 Å². The Hall–Kier alpha value is -2.99. The minimum absolute atomic E-state index is 0.00900. The maximum atomic E-state index is 14.0. The molecule has 1 aliphatic rings. The highest BCUT2D eigenvalue weighted by molar-refractivity contribution is 6.31. The van der Waals surface area contributed by atoms with Gasteiger partial charge in [0.2, 0.25) is 0 Å². The van der Waals surface area contributed by atoms with Crippen molar-refractivity contribution in [1.29, 1.82) is 0 Å². The van der Waals surface area contributed by atoms with Gasteiger partial charge in [-0.2, -0.15) is 0 Å². The summed E-state index contributed by atoms with van der Waals surface area (Å²) in [6.45, 7) is 4.23. The molecule has 29 heavy (non-hydrogen) atoms. The third kappa shape index (κ3) is 4.22. The Balaban J connectivity index is 1.47. The Morgan fingerprint density at radius 2 is 1.83 bits per heavy atom. The van der Waals surface area contributed by atoms with Crippen molar-refractivity contribution in [2.24, 2.45) is 0 Å². The molecule has 2 aromatic carbocycles. The van der Waals surface area contributed by atoms with Crippen molar-refractivity contribution >= 4 is 23.3 Å². The van der Waals surface area contributed by atoms with Gasteiger partial charge in [-0.1, -0.05) is 35.4 Å². The molecule has 7 heteroatoms. The molecule has 0 radical (unpaired) electrons. The van der Waals surface area contributed by atoms with Gasteiger partial charge in [0.05, 0.1) is 11.3 Å². The Morgan fingerprint density at radius 1 is 1.03 bits per heavy atom. The van der Waals surface area contributed by atoms with E-state index in [9.17, 15) is 9.18 Å². The van der Waals surface area contributed by atoms with Crippen molar-refractivity contribution in [1.82, 2.24) is 14.9 Å². The molecule has 0 aliphatic carbocycles. The van der Waals surface area contributed by atoms with E-state index in [1.165, 1.54) is 23.8 Å². The number of hydrogen-bond donors (Lipinski definition) is 0. The molecule has 5 nitrogen and oxygen atoms in total. The number of piperazine rings is 1. The zero-order chi connectivity index (χ0) is 20.4. The number of hydrogen-bond acceptors (Lipinski definition) is 4. The van der Waals surface area contributed by atoms with Gasteiger partial charge in [0.1, 0.15) is 18.0 Å². The van der Waals surface area contributed by atoms with Crippen LogP contribution >= 0.6 is 11.6 Å². The van der Waals surface area contributed by atoms with Crippen LogP contribution in [-0.2, 0) is 0 Å². The van der Waals surface area contributed by atoms with E-state index in [4.69, 9.17) is 11.6 Å². The Kier molecular flexibility index (Phi) is 5.45. The monoisotopic (exact) mass is 410 g/mol. The summed E-state index contributed by atoms with van der Waals surface area (Å²) in [7, 11) is 0. The fraction of sp³-hybridized carbons (Fsp3) is 0.227. The minimum atomic E-state index is -0.555. The smallest absolute Gasteiger partial charge is 0.257 e. The number of rotatable bonds is 3. The van der Waals surface area contributed by atoms with Gasteiger partial charge in [0.15, 0.2) is 0 Å². The van der Waals surface area contributed by atoms with Crippen molar-refractivity contribution in [2.45, 2.75) is 6.92 Å². The Bertz CT molecular complexity index is 1050. The minimum Gasteiger partial charge on any atom is -0.353 e. The molecule has 0 unspecified atom stereocenters. The number of nitrogens with zero attached hydrogens (tertiary/aromatic N) is 4. The van der Waals surface area contributed by atoms with Crippen molar-refractivity contribution in [3.05, 3.63) is 76.8 Å². The second-order valence-corrected chi connectivity index (χ2v) is 7.47. The Labute approximate surface area is 173 Å². The van der Waals surface area contributed by atoms with Crippen LogP contribution in [0.4, 0.5) is 10.2 Å². The van der Waals surface area contributed by atoms with Crippen LogP contribution in [0.15, 0.2) is 54.9 Å². The SMILES string of the molecule is Cc1cccc(-c2cc(N3CCN(C(=O)c4cc(Cl)ccc4F)CC3)ncn2)c1. The molecule has 0 N–H and O–H groups in total. The van der Waals surface area contributed by atoms with Crippen molar-refractivity contribution < 1.29 is 9.18 Å². The number of carbonyl (C=O) groups excluding carboxylic acids is 1. The van der Waals surface area contributed by atoms with Crippen LogP contribution in [0, 0.1) is 12.7 Å². The summed E-state index contributed by atoms with van der Waals surface area (Å²) < 4.78 is 14.0. The third-order valence-corrected chi connectivity index (χ3v) is 5.25. The molecule has 148 valence electrons. The number of amides is 1. The zero-order valence-electron chi connectivity index (χ0n) is 16.0.